The van der Waals surface area contributed by atoms with Crippen molar-refractivity contribution in [3.8, 4) is 0 Å². The van der Waals surface area contributed by atoms with Gasteiger partial charge in [0, 0.05) is 12.1 Å². The van der Waals surface area contributed by atoms with Crippen LogP contribution < -0.4 is 5.32 Å². The van der Waals surface area contributed by atoms with Crippen LogP contribution in [-0.2, 0) is 6.54 Å². The van der Waals surface area contributed by atoms with Crippen LogP contribution in [0.1, 0.15) is 71.3 Å². The molecule has 0 spiro atoms. The first-order chi connectivity index (χ1) is 13.1. The summed E-state index contributed by atoms with van der Waals surface area (Å²) in [6, 6.07) is 14.6. The third-order valence-electron chi connectivity index (χ3n) is 5.59. The molecule has 1 saturated heterocycles. The average molecular weight is 365 g/mol. The van der Waals surface area contributed by atoms with Gasteiger partial charge >= 0.3 is 0 Å². The monoisotopic (exact) mass is 364 g/mol. The van der Waals surface area contributed by atoms with Gasteiger partial charge in [0.1, 0.15) is 0 Å². The smallest absolute Gasteiger partial charge is 0.251 e. The first-order valence-corrected chi connectivity index (χ1v) is 10.3. The minimum atomic E-state index is 0.00588. The Labute approximate surface area is 163 Å². The summed E-state index contributed by atoms with van der Waals surface area (Å²) in [5.41, 5.74) is 5.72. The predicted molar refractivity (Wildman–Crippen MR) is 112 cm³/mol. The van der Waals surface area contributed by atoms with Gasteiger partial charge in [0.05, 0.1) is 6.04 Å². The van der Waals surface area contributed by atoms with Crippen molar-refractivity contribution in [1.82, 2.24) is 10.2 Å². The SMILES string of the molecule is CCC(NC(=O)c1ccc(CN2CCCCC2)cc1)c1ccc(C)cc1C. The molecule has 1 aliphatic rings. The fraction of sp³-hybridized carbons (Fsp3) is 0.458. The van der Waals surface area contributed by atoms with Crippen molar-refractivity contribution in [3.05, 3.63) is 70.3 Å². The molecule has 3 heteroatoms. The molecule has 1 heterocycles. The van der Waals surface area contributed by atoms with E-state index in [1.807, 2.05) is 12.1 Å². The Morgan fingerprint density at radius 1 is 1.04 bits per heavy atom. The minimum absolute atomic E-state index is 0.00588. The summed E-state index contributed by atoms with van der Waals surface area (Å²) in [5, 5.41) is 3.21. The number of nitrogens with zero attached hydrogens (tertiary/aromatic N) is 1. The molecule has 1 unspecified atom stereocenters. The number of rotatable bonds is 6. The van der Waals surface area contributed by atoms with Crippen molar-refractivity contribution in [2.24, 2.45) is 0 Å². The second-order valence-electron chi connectivity index (χ2n) is 7.83. The molecule has 2 aromatic carbocycles. The van der Waals surface area contributed by atoms with E-state index in [2.05, 4.69) is 61.3 Å². The summed E-state index contributed by atoms with van der Waals surface area (Å²) in [5.74, 6) is 0.00588. The number of benzene rings is 2. The lowest BCUT2D eigenvalue weighted by atomic mass is 9.97. The quantitative estimate of drug-likeness (QED) is 0.767. The Hall–Kier alpha value is -2.13. The van der Waals surface area contributed by atoms with Gasteiger partial charge in [-0.15, -0.1) is 0 Å². The molecular weight excluding hydrogens is 332 g/mol. The van der Waals surface area contributed by atoms with Crippen molar-refractivity contribution in [3.63, 3.8) is 0 Å². The molecule has 144 valence electrons. The van der Waals surface area contributed by atoms with E-state index in [1.54, 1.807) is 0 Å². The number of likely N-dealkylation sites (tertiary alicyclic amines) is 1. The number of carbonyl (C=O) groups is 1. The van der Waals surface area contributed by atoms with Crippen molar-refractivity contribution in [2.45, 2.75) is 59.0 Å². The van der Waals surface area contributed by atoms with E-state index in [4.69, 9.17) is 0 Å². The maximum atomic E-state index is 12.7. The first kappa shape index (κ1) is 19.6. The van der Waals surface area contributed by atoms with Crippen molar-refractivity contribution < 1.29 is 4.79 Å². The molecule has 1 fully saturated rings. The Morgan fingerprint density at radius 2 is 1.74 bits per heavy atom. The summed E-state index contributed by atoms with van der Waals surface area (Å²) >= 11 is 0. The van der Waals surface area contributed by atoms with Gasteiger partial charge in [-0.05, 0) is 75.0 Å². The zero-order chi connectivity index (χ0) is 19.2. The molecular formula is C24H32N2O. The van der Waals surface area contributed by atoms with Gasteiger partial charge in [-0.3, -0.25) is 9.69 Å². The van der Waals surface area contributed by atoms with Gasteiger partial charge in [0.15, 0.2) is 0 Å². The number of nitrogens with one attached hydrogen (secondary N) is 1. The van der Waals surface area contributed by atoms with Crippen LogP contribution in [0.15, 0.2) is 42.5 Å². The highest BCUT2D eigenvalue weighted by molar-refractivity contribution is 5.94. The number of hydrogen-bond acceptors (Lipinski definition) is 2. The van der Waals surface area contributed by atoms with Crippen LogP contribution in [0.4, 0.5) is 0 Å². The molecule has 3 rings (SSSR count). The molecule has 1 N–H and O–H groups in total. The molecule has 1 atom stereocenters. The number of aryl methyl sites for hydroxylation is 2. The van der Waals surface area contributed by atoms with E-state index in [1.165, 1.54) is 54.6 Å². The molecule has 0 aliphatic carbocycles. The lowest BCUT2D eigenvalue weighted by Crippen LogP contribution is -2.29. The highest BCUT2D eigenvalue weighted by Crippen LogP contribution is 2.22. The van der Waals surface area contributed by atoms with E-state index in [0.29, 0.717) is 0 Å². The van der Waals surface area contributed by atoms with Crippen molar-refractivity contribution >= 4 is 5.91 Å². The van der Waals surface area contributed by atoms with Crippen molar-refractivity contribution in [2.75, 3.05) is 13.1 Å². The second kappa shape index (κ2) is 9.18. The molecule has 1 aliphatic heterocycles. The maximum absolute atomic E-state index is 12.7. The molecule has 1 amide bonds. The van der Waals surface area contributed by atoms with Crippen LogP contribution in [0.5, 0.6) is 0 Å². The van der Waals surface area contributed by atoms with Crippen LogP contribution in [0.2, 0.25) is 0 Å². The fourth-order valence-corrected chi connectivity index (χ4v) is 4.00. The highest BCUT2D eigenvalue weighted by Gasteiger charge is 2.16. The minimum Gasteiger partial charge on any atom is -0.345 e. The van der Waals surface area contributed by atoms with Gasteiger partial charge in [-0.2, -0.15) is 0 Å². The summed E-state index contributed by atoms with van der Waals surface area (Å²) in [7, 11) is 0. The molecule has 3 nitrogen and oxygen atoms in total. The van der Waals surface area contributed by atoms with Gasteiger partial charge in [0.2, 0.25) is 0 Å². The summed E-state index contributed by atoms with van der Waals surface area (Å²) in [6.45, 7) is 9.70. The van der Waals surface area contributed by atoms with Crippen LogP contribution in [0.25, 0.3) is 0 Å². The normalized spacial score (nSPS) is 16.1. The fourth-order valence-electron chi connectivity index (χ4n) is 4.00. The van der Waals surface area contributed by atoms with Crippen LogP contribution >= 0.6 is 0 Å². The third kappa shape index (κ3) is 5.20. The highest BCUT2D eigenvalue weighted by atomic mass is 16.1. The van der Waals surface area contributed by atoms with E-state index < -0.39 is 0 Å². The van der Waals surface area contributed by atoms with Gasteiger partial charge in [-0.1, -0.05) is 49.2 Å². The Bertz CT molecular complexity index is 760. The lowest BCUT2D eigenvalue weighted by Gasteiger charge is -2.26. The molecule has 27 heavy (non-hydrogen) atoms. The number of piperidine rings is 1. The Balaban J connectivity index is 1.64. The summed E-state index contributed by atoms with van der Waals surface area (Å²) < 4.78 is 0. The van der Waals surface area contributed by atoms with Crippen LogP contribution in [0.3, 0.4) is 0 Å². The average Bonchev–Trinajstić information content (AvgIpc) is 2.68. The van der Waals surface area contributed by atoms with Gasteiger partial charge < -0.3 is 5.32 Å². The van der Waals surface area contributed by atoms with Crippen LogP contribution in [0, 0.1) is 13.8 Å². The molecule has 2 aromatic rings. The lowest BCUT2D eigenvalue weighted by molar-refractivity contribution is 0.0935. The molecule has 0 saturated carbocycles. The Morgan fingerprint density at radius 3 is 2.37 bits per heavy atom. The third-order valence-corrected chi connectivity index (χ3v) is 5.59. The zero-order valence-corrected chi connectivity index (χ0v) is 16.9. The number of carbonyl (C=O) groups excluding carboxylic acids is 1. The molecule has 0 bridgehead atoms. The van der Waals surface area contributed by atoms with E-state index >= 15 is 0 Å². The zero-order valence-electron chi connectivity index (χ0n) is 16.9. The predicted octanol–water partition coefficient (Wildman–Crippen LogP) is 5.17. The summed E-state index contributed by atoms with van der Waals surface area (Å²) in [4.78, 5) is 15.3. The number of hydrogen-bond donors (Lipinski definition) is 1. The second-order valence-corrected chi connectivity index (χ2v) is 7.83. The van der Waals surface area contributed by atoms with E-state index in [0.717, 1.165) is 18.5 Å². The standard InChI is InChI=1S/C24H32N2O/c1-4-23(22-13-8-18(2)16-19(22)3)25-24(27)21-11-9-20(10-12-21)17-26-14-6-5-7-15-26/h8-13,16,23H,4-7,14-15,17H2,1-3H3,(H,25,27). The topological polar surface area (TPSA) is 32.3 Å². The van der Waals surface area contributed by atoms with E-state index in [-0.39, 0.29) is 11.9 Å². The van der Waals surface area contributed by atoms with Gasteiger partial charge in [-0.25, -0.2) is 0 Å². The van der Waals surface area contributed by atoms with E-state index in [9.17, 15) is 4.79 Å². The largest absolute Gasteiger partial charge is 0.345 e. The molecule has 0 radical (unpaired) electrons. The van der Waals surface area contributed by atoms with Crippen molar-refractivity contribution in [1.29, 1.82) is 0 Å². The molecule has 0 aromatic heterocycles. The first-order valence-electron chi connectivity index (χ1n) is 10.3. The summed E-state index contributed by atoms with van der Waals surface area (Å²) in [6.07, 6.45) is 4.84. The Kier molecular flexibility index (Phi) is 6.68. The maximum Gasteiger partial charge on any atom is 0.251 e. The van der Waals surface area contributed by atoms with Gasteiger partial charge in [0.25, 0.3) is 5.91 Å². The van der Waals surface area contributed by atoms with Crippen LogP contribution in [-0.4, -0.2) is 23.9 Å². The number of amides is 1.